The van der Waals surface area contributed by atoms with Gasteiger partial charge in [-0.2, -0.15) is 0 Å². The van der Waals surface area contributed by atoms with Crippen LogP contribution in [0.4, 0.5) is 0 Å². The maximum Gasteiger partial charge on any atom is 0.187 e. The summed E-state index contributed by atoms with van der Waals surface area (Å²) in [5.41, 5.74) is 0. The Labute approximate surface area is 192 Å². The molecule has 0 aliphatic carbocycles. The van der Waals surface area contributed by atoms with Gasteiger partial charge in [-0.15, -0.1) is 0 Å². The molecule has 3 saturated heterocycles. The van der Waals surface area contributed by atoms with Crippen LogP contribution < -0.4 is 0 Å². The average Bonchev–Trinajstić information content (AvgIpc) is 2.82. The van der Waals surface area contributed by atoms with Crippen LogP contribution >= 0.6 is 0 Å². The number of aliphatic hydroxyl groups excluding tert-OH is 11. The van der Waals surface area contributed by atoms with Crippen molar-refractivity contribution in [3.8, 4) is 0 Å². The Morgan fingerprint density at radius 2 is 0.853 bits per heavy atom. The van der Waals surface area contributed by atoms with Crippen LogP contribution in [0.2, 0.25) is 0 Å². The molecule has 3 fully saturated rings. The first kappa shape index (κ1) is 27.9. The average molecular weight is 504 g/mol. The lowest BCUT2D eigenvalue weighted by Crippen LogP contribution is -2.66. The molecule has 16 nitrogen and oxygen atoms in total. The fraction of sp³-hybridized carbons (Fsp3) is 1.00. The van der Waals surface area contributed by atoms with Gasteiger partial charge in [0.25, 0.3) is 0 Å². The first-order chi connectivity index (χ1) is 16.0. The van der Waals surface area contributed by atoms with Gasteiger partial charge in [-0.25, -0.2) is 0 Å². The summed E-state index contributed by atoms with van der Waals surface area (Å²) < 4.78 is 26.2. The molecule has 0 aromatic carbocycles. The smallest absolute Gasteiger partial charge is 0.187 e. The van der Waals surface area contributed by atoms with E-state index in [0.717, 1.165) is 0 Å². The standard InChI is InChI=1S/C18H32O16/c19-1-4-7(22)10(25)11(26)17(31-4)34-15-9(24)6(3-21)32-18(13(15)28)33-14-8(23)5(2-20)30-16(29)12(14)27/h4-29H,1-3H2/t4-,5-,6-,7+,8-,9-,10+,11-,12+,13+,14+,15+,16+,17+,18-/m1/s1. The Bertz CT molecular complexity index is 639. The number of hydrogen-bond acceptors (Lipinski definition) is 16. The zero-order chi connectivity index (χ0) is 25.3. The highest BCUT2D eigenvalue weighted by Crippen LogP contribution is 2.32. The van der Waals surface area contributed by atoms with E-state index in [1.54, 1.807) is 0 Å². The lowest BCUT2D eigenvalue weighted by molar-refractivity contribution is -0.379. The Kier molecular flexibility index (Phi) is 9.54. The number of ether oxygens (including phenoxy) is 5. The summed E-state index contributed by atoms with van der Waals surface area (Å²) in [4.78, 5) is 0. The lowest BCUT2D eigenvalue weighted by atomic mass is 9.96. The summed E-state index contributed by atoms with van der Waals surface area (Å²) in [6.45, 7) is -2.33. The van der Waals surface area contributed by atoms with Crippen LogP contribution in [0.5, 0.6) is 0 Å². The molecule has 11 N–H and O–H groups in total. The van der Waals surface area contributed by atoms with Crippen molar-refractivity contribution in [3.63, 3.8) is 0 Å². The maximum atomic E-state index is 10.7. The molecule has 0 aromatic heterocycles. The molecule has 15 atom stereocenters. The molecule has 0 radical (unpaired) electrons. The molecule has 0 unspecified atom stereocenters. The van der Waals surface area contributed by atoms with Gasteiger partial charge in [-0.05, 0) is 0 Å². The molecule has 34 heavy (non-hydrogen) atoms. The molecule has 0 amide bonds. The Balaban J connectivity index is 1.78. The highest BCUT2D eigenvalue weighted by atomic mass is 16.7. The van der Waals surface area contributed by atoms with Gasteiger partial charge in [-0.1, -0.05) is 0 Å². The van der Waals surface area contributed by atoms with Gasteiger partial charge in [-0.3, -0.25) is 0 Å². The third kappa shape index (κ3) is 5.37. The van der Waals surface area contributed by atoms with Crippen molar-refractivity contribution in [2.45, 2.75) is 92.1 Å². The molecule has 0 bridgehead atoms. The molecular formula is C18H32O16. The molecule has 0 saturated carbocycles. The van der Waals surface area contributed by atoms with Crippen LogP contribution in [-0.4, -0.2) is 168 Å². The van der Waals surface area contributed by atoms with Gasteiger partial charge in [0.05, 0.1) is 19.8 Å². The molecule has 16 heteroatoms. The van der Waals surface area contributed by atoms with Gasteiger partial charge in [0, 0.05) is 0 Å². The van der Waals surface area contributed by atoms with Crippen molar-refractivity contribution < 1.29 is 79.9 Å². The number of rotatable bonds is 7. The SMILES string of the molecule is OC[C@H]1O[C@@H](O[C@@H]2[C@H](O)[C@@H](O[C@@H]3[C@H](O)[C@@H](O)O[C@H](CO)[C@H]3O)O[C@H](CO)[C@H]2O)[C@H](O)[C@@H](O)[C@H]1O. The van der Waals surface area contributed by atoms with Crippen molar-refractivity contribution in [3.05, 3.63) is 0 Å². The van der Waals surface area contributed by atoms with Crippen molar-refractivity contribution >= 4 is 0 Å². The maximum absolute atomic E-state index is 10.7. The molecule has 3 heterocycles. The number of aliphatic hydroxyl groups is 11. The highest BCUT2D eigenvalue weighted by molar-refractivity contribution is 4.96. The van der Waals surface area contributed by atoms with E-state index in [-0.39, 0.29) is 0 Å². The molecule has 3 aliphatic heterocycles. The minimum absolute atomic E-state index is 0.750. The summed E-state index contributed by atoms with van der Waals surface area (Å²) in [7, 11) is 0. The topological polar surface area (TPSA) is 269 Å². The Morgan fingerprint density at radius 1 is 0.441 bits per heavy atom. The van der Waals surface area contributed by atoms with E-state index >= 15 is 0 Å². The van der Waals surface area contributed by atoms with Crippen LogP contribution in [0.15, 0.2) is 0 Å². The molecule has 0 aromatic rings. The van der Waals surface area contributed by atoms with E-state index in [1.807, 2.05) is 0 Å². The van der Waals surface area contributed by atoms with E-state index in [0.29, 0.717) is 0 Å². The summed E-state index contributed by atoms with van der Waals surface area (Å²) in [6, 6.07) is 0. The third-order valence-corrected chi connectivity index (χ3v) is 6.09. The van der Waals surface area contributed by atoms with Gasteiger partial charge in [0.15, 0.2) is 18.9 Å². The normalized spacial score (nSPS) is 52.5. The quantitative estimate of drug-likeness (QED) is 0.154. The van der Waals surface area contributed by atoms with Crippen LogP contribution in [-0.2, 0) is 23.7 Å². The number of hydrogen-bond donors (Lipinski definition) is 11. The highest BCUT2D eigenvalue weighted by Gasteiger charge is 2.53. The molecule has 3 rings (SSSR count). The summed E-state index contributed by atoms with van der Waals surface area (Å²) in [6.07, 6.45) is -25.5. The van der Waals surface area contributed by atoms with Crippen LogP contribution in [0.1, 0.15) is 0 Å². The van der Waals surface area contributed by atoms with Gasteiger partial charge < -0.3 is 79.9 Å². The zero-order valence-corrected chi connectivity index (χ0v) is 17.7. The summed E-state index contributed by atoms with van der Waals surface area (Å²) >= 11 is 0. The van der Waals surface area contributed by atoms with Crippen molar-refractivity contribution in [2.75, 3.05) is 19.8 Å². The molecule has 200 valence electrons. The molecule has 0 spiro atoms. The zero-order valence-electron chi connectivity index (χ0n) is 17.7. The van der Waals surface area contributed by atoms with Gasteiger partial charge in [0.2, 0.25) is 0 Å². The van der Waals surface area contributed by atoms with Gasteiger partial charge in [0.1, 0.15) is 73.2 Å². The van der Waals surface area contributed by atoms with Crippen LogP contribution in [0.3, 0.4) is 0 Å². The molecular weight excluding hydrogens is 472 g/mol. The largest absolute Gasteiger partial charge is 0.394 e. The van der Waals surface area contributed by atoms with Crippen LogP contribution in [0.25, 0.3) is 0 Å². The predicted octanol–water partition coefficient (Wildman–Crippen LogP) is -7.57. The van der Waals surface area contributed by atoms with E-state index < -0.39 is 112 Å². The first-order valence-electron chi connectivity index (χ1n) is 10.6. The third-order valence-electron chi connectivity index (χ3n) is 6.09. The minimum Gasteiger partial charge on any atom is -0.394 e. The second-order valence-corrected chi connectivity index (χ2v) is 8.33. The molecule has 3 aliphatic rings. The fourth-order valence-corrected chi connectivity index (χ4v) is 4.04. The van der Waals surface area contributed by atoms with E-state index in [1.165, 1.54) is 0 Å². The Morgan fingerprint density at radius 3 is 1.35 bits per heavy atom. The summed E-state index contributed by atoms with van der Waals surface area (Å²) in [5, 5.41) is 110. The minimum atomic E-state index is -1.92. The second kappa shape index (κ2) is 11.6. The monoisotopic (exact) mass is 504 g/mol. The van der Waals surface area contributed by atoms with E-state index in [4.69, 9.17) is 23.7 Å². The van der Waals surface area contributed by atoms with Gasteiger partial charge >= 0.3 is 0 Å². The Hall–Kier alpha value is -0.640. The first-order valence-corrected chi connectivity index (χ1v) is 10.6. The predicted molar refractivity (Wildman–Crippen MR) is 101 cm³/mol. The van der Waals surface area contributed by atoms with Crippen LogP contribution in [0, 0.1) is 0 Å². The van der Waals surface area contributed by atoms with Crippen molar-refractivity contribution in [1.29, 1.82) is 0 Å². The lowest BCUT2D eigenvalue weighted by Gasteiger charge is -2.47. The second-order valence-electron chi connectivity index (χ2n) is 8.33. The fourth-order valence-electron chi connectivity index (χ4n) is 4.04. The van der Waals surface area contributed by atoms with Crippen molar-refractivity contribution in [1.82, 2.24) is 0 Å². The van der Waals surface area contributed by atoms with E-state index in [2.05, 4.69) is 0 Å². The van der Waals surface area contributed by atoms with E-state index in [9.17, 15) is 56.2 Å². The summed E-state index contributed by atoms with van der Waals surface area (Å²) in [5.74, 6) is 0. The van der Waals surface area contributed by atoms with Crippen molar-refractivity contribution in [2.24, 2.45) is 0 Å².